The van der Waals surface area contributed by atoms with E-state index in [1.165, 1.54) is 5.56 Å². The average molecular weight is 284 g/mol. The summed E-state index contributed by atoms with van der Waals surface area (Å²) in [7, 11) is 0. The Morgan fingerprint density at radius 1 is 1.19 bits per heavy atom. The normalized spacial score (nSPS) is 11.7. The van der Waals surface area contributed by atoms with Crippen LogP contribution in [0, 0.1) is 6.92 Å². The minimum absolute atomic E-state index is 0.0680. The summed E-state index contributed by atoms with van der Waals surface area (Å²) in [4.78, 5) is 13.7. The summed E-state index contributed by atoms with van der Waals surface area (Å²) in [5, 5.41) is 3.46. The van der Waals surface area contributed by atoms with E-state index in [9.17, 15) is 0 Å². The Kier molecular flexibility index (Phi) is 4.68. The van der Waals surface area contributed by atoms with E-state index >= 15 is 0 Å². The molecule has 0 amide bonds. The molecule has 0 aromatic carbocycles. The Morgan fingerprint density at radius 3 is 2.62 bits per heavy atom. The van der Waals surface area contributed by atoms with E-state index in [1.54, 1.807) is 6.20 Å². The molecule has 2 rings (SSSR count). The molecule has 0 spiro atoms. The van der Waals surface area contributed by atoms with Crippen LogP contribution in [0.1, 0.15) is 44.6 Å². The molecule has 1 N–H and O–H groups in total. The van der Waals surface area contributed by atoms with Crippen LogP contribution < -0.4 is 5.32 Å². The third-order valence-electron chi connectivity index (χ3n) is 3.19. The maximum absolute atomic E-state index is 4.68. The summed E-state index contributed by atoms with van der Waals surface area (Å²) in [5.41, 5.74) is 4.11. The highest BCUT2D eigenvalue weighted by atomic mass is 15.0. The second-order valence-corrected chi connectivity index (χ2v) is 6.29. The molecular weight excluding hydrogens is 260 g/mol. The Bertz CT molecular complexity index is 614. The summed E-state index contributed by atoms with van der Waals surface area (Å²) in [6, 6.07) is 6.07. The van der Waals surface area contributed by atoms with Crippen LogP contribution in [0.5, 0.6) is 0 Å². The lowest BCUT2D eigenvalue weighted by molar-refractivity contribution is 0.421. The lowest BCUT2D eigenvalue weighted by atomic mass is 10.1. The molecule has 0 aliphatic heterocycles. The molecule has 4 nitrogen and oxygen atoms in total. The molecule has 0 saturated carbocycles. The van der Waals surface area contributed by atoms with Crippen molar-refractivity contribution in [3.8, 4) is 11.5 Å². The van der Waals surface area contributed by atoms with Crippen molar-refractivity contribution < 1.29 is 0 Å². The predicted molar refractivity (Wildman–Crippen MR) is 86.0 cm³/mol. The maximum Gasteiger partial charge on any atom is 0.178 e. The molecule has 2 heterocycles. The van der Waals surface area contributed by atoms with Crippen molar-refractivity contribution in [2.24, 2.45) is 0 Å². The van der Waals surface area contributed by atoms with Gasteiger partial charge < -0.3 is 5.32 Å². The zero-order valence-electron chi connectivity index (χ0n) is 13.6. The van der Waals surface area contributed by atoms with Gasteiger partial charge in [0.25, 0.3) is 0 Å². The Hall–Kier alpha value is -1.81. The fraction of sp³-hybridized carbons (Fsp3) is 0.471. The van der Waals surface area contributed by atoms with E-state index in [0.29, 0.717) is 0 Å². The van der Waals surface area contributed by atoms with Gasteiger partial charge in [0.2, 0.25) is 0 Å². The first kappa shape index (κ1) is 15.6. The van der Waals surface area contributed by atoms with Gasteiger partial charge in [0.1, 0.15) is 5.69 Å². The van der Waals surface area contributed by atoms with Gasteiger partial charge in [-0.05, 0) is 51.8 Å². The molecule has 112 valence electrons. The summed E-state index contributed by atoms with van der Waals surface area (Å²) in [6.45, 7) is 11.3. The van der Waals surface area contributed by atoms with E-state index in [1.807, 2.05) is 19.1 Å². The van der Waals surface area contributed by atoms with E-state index in [0.717, 1.165) is 35.9 Å². The van der Waals surface area contributed by atoms with Crippen molar-refractivity contribution in [1.82, 2.24) is 20.3 Å². The molecule has 2 aromatic rings. The van der Waals surface area contributed by atoms with Crippen molar-refractivity contribution in [1.29, 1.82) is 0 Å². The van der Waals surface area contributed by atoms with Crippen LogP contribution in [-0.4, -0.2) is 20.5 Å². The van der Waals surface area contributed by atoms with Crippen LogP contribution in [0.25, 0.3) is 11.5 Å². The van der Waals surface area contributed by atoms with Crippen molar-refractivity contribution >= 4 is 0 Å². The second kappa shape index (κ2) is 6.31. The van der Waals surface area contributed by atoms with E-state index in [4.69, 9.17) is 0 Å². The molecule has 0 aliphatic carbocycles. The van der Waals surface area contributed by atoms with E-state index in [2.05, 4.69) is 54.0 Å². The first-order valence-corrected chi connectivity index (χ1v) is 7.43. The van der Waals surface area contributed by atoms with Gasteiger partial charge >= 0.3 is 0 Å². The van der Waals surface area contributed by atoms with Gasteiger partial charge in [-0.2, -0.15) is 0 Å². The fourth-order valence-electron chi connectivity index (χ4n) is 2.11. The summed E-state index contributed by atoms with van der Waals surface area (Å²) in [5.74, 6) is 0.721. The standard InChI is InChI=1S/C17H24N4/c1-6-13-8-7-9-18-15(13)16-20-12(2)10-14(21-16)11-19-17(3,4)5/h7-10,19H,6,11H2,1-5H3. The predicted octanol–water partition coefficient (Wildman–Crippen LogP) is 3.30. The molecule has 0 radical (unpaired) electrons. The molecule has 0 atom stereocenters. The molecule has 0 fully saturated rings. The largest absolute Gasteiger partial charge is 0.306 e. The van der Waals surface area contributed by atoms with E-state index < -0.39 is 0 Å². The summed E-state index contributed by atoms with van der Waals surface area (Å²) in [6.07, 6.45) is 2.73. The molecule has 0 bridgehead atoms. The summed E-state index contributed by atoms with van der Waals surface area (Å²) < 4.78 is 0. The number of pyridine rings is 1. The molecule has 0 aliphatic rings. The molecular formula is C17H24N4. The number of aryl methyl sites for hydroxylation is 2. The van der Waals surface area contributed by atoms with Gasteiger partial charge in [0, 0.05) is 24.0 Å². The van der Waals surface area contributed by atoms with Gasteiger partial charge in [0.15, 0.2) is 5.82 Å². The maximum atomic E-state index is 4.68. The minimum atomic E-state index is 0.0680. The SMILES string of the molecule is CCc1cccnc1-c1nc(C)cc(CNC(C)(C)C)n1. The first-order valence-electron chi connectivity index (χ1n) is 7.43. The number of nitrogens with zero attached hydrogens (tertiary/aromatic N) is 3. The van der Waals surface area contributed by atoms with Crippen LogP contribution >= 0.6 is 0 Å². The Morgan fingerprint density at radius 2 is 1.95 bits per heavy atom. The van der Waals surface area contributed by atoms with Crippen LogP contribution in [0.2, 0.25) is 0 Å². The summed E-state index contributed by atoms with van der Waals surface area (Å²) >= 11 is 0. The highest BCUT2D eigenvalue weighted by Gasteiger charge is 2.12. The quantitative estimate of drug-likeness (QED) is 0.936. The monoisotopic (exact) mass is 284 g/mol. The molecule has 0 saturated heterocycles. The van der Waals surface area contributed by atoms with Gasteiger partial charge in [-0.3, -0.25) is 4.98 Å². The van der Waals surface area contributed by atoms with Gasteiger partial charge in [-0.25, -0.2) is 9.97 Å². The van der Waals surface area contributed by atoms with Crippen molar-refractivity contribution in [2.75, 3.05) is 0 Å². The van der Waals surface area contributed by atoms with Crippen LogP contribution in [-0.2, 0) is 13.0 Å². The number of hydrogen-bond donors (Lipinski definition) is 1. The van der Waals surface area contributed by atoms with Gasteiger partial charge in [0.05, 0.1) is 5.69 Å². The zero-order chi connectivity index (χ0) is 15.5. The number of hydrogen-bond acceptors (Lipinski definition) is 4. The third kappa shape index (κ3) is 4.33. The fourth-order valence-corrected chi connectivity index (χ4v) is 2.11. The highest BCUT2D eigenvalue weighted by Crippen LogP contribution is 2.19. The van der Waals surface area contributed by atoms with Crippen LogP contribution in [0.3, 0.4) is 0 Å². The van der Waals surface area contributed by atoms with Gasteiger partial charge in [-0.15, -0.1) is 0 Å². The second-order valence-electron chi connectivity index (χ2n) is 6.29. The number of nitrogens with one attached hydrogen (secondary N) is 1. The molecule has 21 heavy (non-hydrogen) atoms. The molecule has 0 unspecified atom stereocenters. The van der Waals surface area contributed by atoms with Gasteiger partial charge in [-0.1, -0.05) is 13.0 Å². The van der Waals surface area contributed by atoms with Crippen LogP contribution in [0.15, 0.2) is 24.4 Å². The highest BCUT2D eigenvalue weighted by molar-refractivity contribution is 5.54. The smallest absolute Gasteiger partial charge is 0.178 e. The molecule has 4 heteroatoms. The lowest BCUT2D eigenvalue weighted by Crippen LogP contribution is -2.35. The van der Waals surface area contributed by atoms with Crippen LogP contribution in [0.4, 0.5) is 0 Å². The lowest BCUT2D eigenvalue weighted by Gasteiger charge is -2.20. The third-order valence-corrected chi connectivity index (χ3v) is 3.19. The number of aromatic nitrogens is 3. The van der Waals surface area contributed by atoms with Crippen molar-refractivity contribution in [3.63, 3.8) is 0 Å². The number of rotatable bonds is 4. The molecule has 2 aromatic heterocycles. The zero-order valence-corrected chi connectivity index (χ0v) is 13.6. The van der Waals surface area contributed by atoms with Crippen molar-refractivity contribution in [2.45, 2.75) is 53.1 Å². The topological polar surface area (TPSA) is 50.7 Å². The van der Waals surface area contributed by atoms with Crippen molar-refractivity contribution in [3.05, 3.63) is 41.3 Å². The van der Waals surface area contributed by atoms with E-state index in [-0.39, 0.29) is 5.54 Å². The average Bonchev–Trinajstić information content (AvgIpc) is 2.44. The first-order chi connectivity index (χ1) is 9.89. The Balaban J connectivity index is 2.34. The Labute approximate surface area is 127 Å². The minimum Gasteiger partial charge on any atom is -0.306 e.